The van der Waals surface area contributed by atoms with Gasteiger partial charge >= 0.3 is 9.28 Å². The third-order valence-electron chi connectivity index (χ3n) is 1.20. The lowest BCUT2D eigenvalue weighted by Gasteiger charge is -2.21. The summed E-state index contributed by atoms with van der Waals surface area (Å²) in [7, 11) is -0.896. The van der Waals surface area contributed by atoms with Gasteiger partial charge in [-0.15, -0.1) is 0 Å². The summed E-state index contributed by atoms with van der Waals surface area (Å²) in [6.45, 7) is 0. The Hall–Kier alpha value is 0.748. The van der Waals surface area contributed by atoms with Crippen LogP contribution >= 0.6 is 0 Å². The SMILES string of the molecule is [SiH3]CC[SiH]1O[SiH2]O[SiH2]O1. The molecule has 0 aliphatic carbocycles. The molecule has 0 atom stereocenters. The second-order valence-corrected chi connectivity index (χ2v) is 9.20. The number of rotatable bonds is 2. The molecule has 1 rings (SSSR count). The fourth-order valence-corrected chi connectivity index (χ4v) is 9.19. The molecule has 3 nitrogen and oxygen atoms in total. The zero-order chi connectivity index (χ0) is 6.53. The molecule has 0 spiro atoms. The molecule has 7 heteroatoms. The summed E-state index contributed by atoms with van der Waals surface area (Å²) in [5.74, 6) is 0. The van der Waals surface area contributed by atoms with E-state index in [2.05, 4.69) is 0 Å². The maximum atomic E-state index is 5.41. The molecule has 0 saturated carbocycles. The van der Waals surface area contributed by atoms with Gasteiger partial charge in [-0.3, -0.25) is 0 Å². The van der Waals surface area contributed by atoms with Crippen LogP contribution in [0, 0.1) is 0 Å². The van der Waals surface area contributed by atoms with E-state index in [0.29, 0.717) is 0 Å². The Morgan fingerprint density at radius 2 is 2.00 bits per heavy atom. The Bertz CT molecular complexity index is 71.5. The minimum absolute atomic E-state index is 0.545. The number of hydrogen-bond donors (Lipinski definition) is 0. The molecular weight excluding hydrogens is 184 g/mol. The van der Waals surface area contributed by atoms with Gasteiger partial charge in [-0.1, -0.05) is 6.04 Å². The largest absolute Gasteiger partial charge is 0.425 e. The first-order valence-corrected chi connectivity index (χ1v) is 8.72. The van der Waals surface area contributed by atoms with E-state index in [1.54, 1.807) is 0 Å². The summed E-state index contributed by atoms with van der Waals surface area (Å²) in [5.41, 5.74) is 0. The Kier molecular flexibility index (Phi) is 3.96. The van der Waals surface area contributed by atoms with Crippen LogP contribution < -0.4 is 0 Å². The van der Waals surface area contributed by atoms with Crippen LogP contribution in [0.5, 0.6) is 0 Å². The molecule has 1 heterocycles. The third-order valence-corrected chi connectivity index (χ3v) is 9.38. The summed E-state index contributed by atoms with van der Waals surface area (Å²) in [6, 6.07) is 2.56. The molecule has 0 N–H and O–H groups in total. The average Bonchev–Trinajstić information content (AvgIpc) is 1.91. The second kappa shape index (κ2) is 4.55. The molecule has 1 fully saturated rings. The first kappa shape index (κ1) is 7.85. The van der Waals surface area contributed by atoms with Crippen molar-refractivity contribution in [2.24, 2.45) is 0 Å². The normalized spacial score (nSPS) is 34.0. The van der Waals surface area contributed by atoms with Gasteiger partial charge < -0.3 is 12.3 Å². The van der Waals surface area contributed by atoms with Gasteiger partial charge in [0.1, 0.15) is 0 Å². The molecule has 0 unspecified atom stereocenters. The Labute approximate surface area is 64.5 Å². The van der Waals surface area contributed by atoms with Gasteiger partial charge in [0.15, 0.2) is 0 Å². The first-order chi connectivity index (χ1) is 4.43. The summed E-state index contributed by atoms with van der Waals surface area (Å²) in [6.07, 6.45) is 0. The third kappa shape index (κ3) is 2.89. The quantitative estimate of drug-likeness (QED) is 0.442. The highest BCUT2D eigenvalue weighted by molar-refractivity contribution is 6.61. The van der Waals surface area contributed by atoms with Gasteiger partial charge in [-0.25, -0.2) is 0 Å². The maximum Gasteiger partial charge on any atom is 0.302 e. The molecular formula is C2H12O3Si4. The second-order valence-electron chi connectivity index (χ2n) is 1.99. The molecule has 0 aromatic rings. The van der Waals surface area contributed by atoms with Crippen molar-refractivity contribution in [2.45, 2.75) is 12.1 Å². The predicted octanol–water partition coefficient (Wildman–Crippen LogP) is -2.95. The maximum absolute atomic E-state index is 5.41. The minimum atomic E-state index is -1.09. The van der Waals surface area contributed by atoms with Crippen molar-refractivity contribution in [1.29, 1.82) is 0 Å². The molecule has 0 radical (unpaired) electrons. The molecule has 0 amide bonds. The Balaban J connectivity index is 2.08. The van der Waals surface area contributed by atoms with E-state index in [9.17, 15) is 0 Å². The zero-order valence-electron chi connectivity index (χ0n) is 5.63. The first-order valence-electron chi connectivity index (χ1n) is 3.24. The lowest BCUT2D eigenvalue weighted by molar-refractivity contribution is 0.323. The molecule has 0 aromatic heterocycles. The van der Waals surface area contributed by atoms with Crippen molar-refractivity contribution in [3.8, 4) is 0 Å². The summed E-state index contributed by atoms with van der Waals surface area (Å²) in [4.78, 5) is 0. The van der Waals surface area contributed by atoms with E-state index in [1.807, 2.05) is 0 Å². The van der Waals surface area contributed by atoms with Crippen molar-refractivity contribution >= 4 is 39.5 Å². The predicted molar refractivity (Wildman–Crippen MR) is 47.0 cm³/mol. The zero-order valence-corrected chi connectivity index (χ0v) is 11.6. The highest BCUT2D eigenvalue weighted by Crippen LogP contribution is 2.01. The topological polar surface area (TPSA) is 27.7 Å². The molecule has 9 heavy (non-hydrogen) atoms. The summed E-state index contributed by atoms with van der Waals surface area (Å²) >= 11 is 0. The van der Waals surface area contributed by atoms with E-state index in [4.69, 9.17) is 12.3 Å². The standard InChI is InChI=1S/C2H12O3Si4/c6-1-2-9-4-7-3-8-5-9/h9H,1-2,7-8H2,6H3. The van der Waals surface area contributed by atoms with Gasteiger partial charge in [0, 0.05) is 10.2 Å². The number of hydrogen-bond acceptors (Lipinski definition) is 3. The van der Waals surface area contributed by atoms with Crippen molar-refractivity contribution < 1.29 is 12.3 Å². The highest BCUT2D eigenvalue weighted by atomic mass is 28.4. The fourth-order valence-electron chi connectivity index (χ4n) is 0.733. The van der Waals surface area contributed by atoms with Crippen LogP contribution in [0.3, 0.4) is 0 Å². The van der Waals surface area contributed by atoms with Crippen molar-refractivity contribution in [1.82, 2.24) is 0 Å². The van der Waals surface area contributed by atoms with Crippen LogP contribution in [0.4, 0.5) is 0 Å². The molecule has 0 aromatic carbocycles. The van der Waals surface area contributed by atoms with Gasteiger partial charge in [0.2, 0.25) is 0 Å². The van der Waals surface area contributed by atoms with Crippen LogP contribution in [-0.4, -0.2) is 39.5 Å². The van der Waals surface area contributed by atoms with Crippen LogP contribution in [-0.2, 0) is 12.3 Å². The van der Waals surface area contributed by atoms with Crippen molar-refractivity contribution in [3.05, 3.63) is 0 Å². The highest BCUT2D eigenvalue weighted by Gasteiger charge is 2.15. The van der Waals surface area contributed by atoms with Crippen LogP contribution in [0.15, 0.2) is 0 Å². The molecule has 1 aliphatic rings. The van der Waals surface area contributed by atoms with Crippen LogP contribution in [0.2, 0.25) is 12.1 Å². The summed E-state index contributed by atoms with van der Waals surface area (Å²) < 4.78 is 15.9. The Morgan fingerprint density at radius 1 is 1.33 bits per heavy atom. The monoisotopic (exact) mass is 196 g/mol. The van der Waals surface area contributed by atoms with Gasteiger partial charge in [0.25, 0.3) is 20.0 Å². The van der Waals surface area contributed by atoms with Crippen LogP contribution in [0.1, 0.15) is 0 Å². The van der Waals surface area contributed by atoms with E-state index < -0.39 is 29.3 Å². The lowest BCUT2D eigenvalue weighted by atomic mass is 11.0. The van der Waals surface area contributed by atoms with Gasteiger partial charge in [-0.2, -0.15) is 0 Å². The van der Waals surface area contributed by atoms with E-state index in [0.717, 1.165) is 0 Å². The van der Waals surface area contributed by atoms with E-state index in [1.165, 1.54) is 22.3 Å². The van der Waals surface area contributed by atoms with Crippen molar-refractivity contribution in [3.63, 3.8) is 0 Å². The fraction of sp³-hybridized carbons (Fsp3) is 1.00. The summed E-state index contributed by atoms with van der Waals surface area (Å²) in [5, 5.41) is 0. The van der Waals surface area contributed by atoms with E-state index >= 15 is 0 Å². The van der Waals surface area contributed by atoms with Gasteiger partial charge in [-0.05, 0) is 6.04 Å². The lowest BCUT2D eigenvalue weighted by Crippen LogP contribution is -2.34. The molecule has 1 saturated heterocycles. The molecule has 1 aliphatic heterocycles. The van der Waals surface area contributed by atoms with Gasteiger partial charge in [0.05, 0.1) is 0 Å². The molecule has 0 bridgehead atoms. The minimum Gasteiger partial charge on any atom is -0.425 e. The smallest absolute Gasteiger partial charge is 0.302 e. The van der Waals surface area contributed by atoms with E-state index in [-0.39, 0.29) is 0 Å². The average molecular weight is 196 g/mol. The van der Waals surface area contributed by atoms with Crippen LogP contribution in [0.25, 0.3) is 0 Å². The molecule has 54 valence electrons. The Morgan fingerprint density at radius 3 is 2.56 bits per heavy atom. The van der Waals surface area contributed by atoms with Crippen molar-refractivity contribution in [2.75, 3.05) is 0 Å².